The Labute approximate surface area is 107 Å². The average molecular weight is 245 g/mol. The second-order valence-corrected chi connectivity index (χ2v) is 4.11. The predicted octanol–water partition coefficient (Wildman–Crippen LogP) is 1.64. The lowest BCUT2D eigenvalue weighted by atomic mass is 10.3. The Morgan fingerprint density at radius 1 is 1.28 bits per heavy atom. The van der Waals surface area contributed by atoms with Crippen LogP contribution in [0.15, 0.2) is 18.6 Å². The van der Waals surface area contributed by atoms with Crippen LogP contribution in [0.1, 0.15) is 31.1 Å². The molecule has 0 saturated carbocycles. The van der Waals surface area contributed by atoms with Crippen LogP contribution in [-0.2, 0) is 13.0 Å². The van der Waals surface area contributed by atoms with Gasteiger partial charge in [0.15, 0.2) is 0 Å². The molecule has 0 aromatic carbocycles. The van der Waals surface area contributed by atoms with E-state index in [4.69, 9.17) is 0 Å². The van der Waals surface area contributed by atoms with Crippen LogP contribution in [0.2, 0.25) is 0 Å². The van der Waals surface area contributed by atoms with Gasteiger partial charge in [0.2, 0.25) is 0 Å². The molecule has 5 heteroatoms. The minimum absolute atomic E-state index is 0.771. The Bertz CT molecular complexity index is 518. The van der Waals surface area contributed by atoms with Crippen LogP contribution in [0.25, 0.3) is 5.82 Å². The molecule has 96 valence electrons. The molecule has 0 aliphatic heterocycles. The molecule has 2 aromatic heterocycles. The fraction of sp³-hybridized carbons (Fsp3) is 0.462. The molecule has 0 unspecified atom stereocenters. The van der Waals surface area contributed by atoms with E-state index in [-0.39, 0.29) is 0 Å². The molecule has 1 N–H and O–H groups in total. The van der Waals surface area contributed by atoms with Gasteiger partial charge in [-0.2, -0.15) is 0 Å². The minimum Gasteiger partial charge on any atom is -0.313 e. The topological polar surface area (TPSA) is 55.6 Å². The van der Waals surface area contributed by atoms with E-state index in [0.717, 1.165) is 42.5 Å². The summed E-state index contributed by atoms with van der Waals surface area (Å²) in [6.45, 7) is 7.79. The number of rotatable bonds is 5. The number of nitrogens with zero attached hydrogens (tertiary/aromatic N) is 4. The number of nitrogens with one attached hydrogen (secondary N) is 1. The van der Waals surface area contributed by atoms with Gasteiger partial charge in [0, 0.05) is 37.1 Å². The van der Waals surface area contributed by atoms with Crippen molar-refractivity contribution in [2.75, 3.05) is 6.54 Å². The summed E-state index contributed by atoms with van der Waals surface area (Å²) >= 11 is 0. The number of imidazole rings is 1. The second kappa shape index (κ2) is 5.73. The lowest BCUT2D eigenvalue weighted by molar-refractivity contribution is 0.708. The van der Waals surface area contributed by atoms with Gasteiger partial charge in [0.1, 0.15) is 17.5 Å². The van der Waals surface area contributed by atoms with E-state index in [1.807, 2.05) is 30.1 Å². The molecule has 0 radical (unpaired) electrons. The highest BCUT2D eigenvalue weighted by atomic mass is 15.1. The molecule has 0 bridgehead atoms. The lowest BCUT2D eigenvalue weighted by Crippen LogP contribution is -2.16. The summed E-state index contributed by atoms with van der Waals surface area (Å²) < 4.78 is 2.04. The molecule has 2 heterocycles. The lowest BCUT2D eigenvalue weighted by Gasteiger charge is -2.12. The summed E-state index contributed by atoms with van der Waals surface area (Å²) in [6, 6.07) is 0. The summed E-state index contributed by atoms with van der Waals surface area (Å²) in [6.07, 6.45) is 6.54. The van der Waals surface area contributed by atoms with Crippen LogP contribution >= 0.6 is 0 Å². The van der Waals surface area contributed by atoms with Gasteiger partial charge in [-0.25, -0.2) is 15.0 Å². The second-order valence-electron chi connectivity index (χ2n) is 4.11. The van der Waals surface area contributed by atoms with Crippen molar-refractivity contribution in [2.45, 2.75) is 33.7 Å². The fourth-order valence-corrected chi connectivity index (χ4v) is 1.86. The number of hydrogen-bond donors (Lipinski definition) is 1. The molecule has 5 nitrogen and oxygen atoms in total. The van der Waals surface area contributed by atoms with E-state index in [9.17, 15) is 0 Å². The first kappa shape index (κ1) is 12.7. The molecule has 0 spiro atoms. The quantitative estimate of drug-likeness (QED) is 0.870. The number of aromatic nitrogens is 4. The van der Waals surface area contributed by atoms with E-state index in [2.05, 4.69) is 34.1 Å². The van der Waals surface area contributed by atoms with Crippen molar-refractivity contribution in [1.29, 1.82) is 0 Å². The zero-order chi connectivity index (χ0) is 13.0. The van der Waals surface area contributed by atoms with Gasteiger partial charge < -0.3 is 5.32 Å². The Kier molecular flexibility index (Phi) is 4.04. The Hall–Kier alpha value is -1.75. The molecule has 2 aromatic rings. The van der Waals surface area contributed by atoms with Crippen LogP contribution < -0.4 is 5.32 Å². The first-order valence-electron chi connectivity index (χ1n) is 6.32. The zero-order valence-corrected chi connectivity index (χ0v) is 11.1. The smallest absolute Gasteiger partial charge is 0.146 e. The Morgan fingerprint density at radius 2 is 2.11 bits per heavy atom. The van der Waals surface area contributed by atoms with E-state index in [1.165, 1.54) is 0 Å². The third-order valence-corrected chi connectivity index (χ3v) is 2.79. The van der Waals surface area contributed by atoms with Crippen molar-refractivity contribution in [1.82, 2.24) is 24.8 Å². The molecule has 0 amide bonds. The summed E-state index contributed by atoms with van der Waals surface area (Å²) in [5.74, 6) is 2.73. The maximum absolute atomic E-state index is 4.55. The largest absolute Gasteiger partial charge is 0.313 e. The molecule has 0 fully saturated rings. The first-order chi connectivity index (χ1) is 8.76. The zero-order valence-electron chi connectivity index (χ0n) is 11.1. The van der Waals surface area contributed by atoms with Gasteiger partial charge >= 0.3 is 0 Å². The van der Waals surface area contributed by atoms with E-state index in [1.54, 1.807) is 0 Å². The minimum atomic E-state index is 0.771. The van der Waals surface area contributed by atoms with Gasteiger partial charge in [0.05, 0.1) is 0 Å². The average Bonchev–Trinajstić information content (AvgIpc) is 2.85. The van der Waals surface area contributed by atoms with Gasteiger partial charge in [0.25, 0.3) is 0 Å². The van der Waals surface area contributed by atoms with E-state index >= 15 is 0 Å². The monoisotopic (exact) mass is 245 g/mol. The molecule has 2 rings (SSSR count). The molecule has 0 atom stereocenters. The van der Waals surface area contributed by atoms with Crippen LogP contribution in [0.3, 0.4) is 0 Å². The summed E-state index contributed by atoms with van der Waals surface area (Å²) in [5.41, 5.74) is 1.09. The van der Waals surface area contributed by atoms with Crippen LogP contribution in [0, 0.1) is 6.92 Å². The van der Waals surface area contributed by atoms with Crippen molar-refractivity contribution in [3.8, 4) is 5.82 Å². The standard InChI is InChI=1S/C13H19N5/c1-4-12-15-6-7-18(12)13-11(8-14-5-2)9-16-10(3)17-13/h6-7,9,14H,4-5,8H2,1-3H3. The van der Waals surface area contributed by atoms with Gasteiger partial charge in [-0.15, -0.1) is 0 Å². The Balaban J connectivity index is 2.44. The van der Waals surface area contributed by atoms with Crippen LogP contribution in [0.5, 0.6) is 0 Å². The summed E-state index contributed by atoms with van der Waals surface area (Å²) in [7, 11) is 0. The normalized spacial score (nSPS) is 10.8. The molecule has 18 heavy (non-hydrogen) atoms. The van der Waals surface area contributed by atoms with Gasteiger partial charge in [-0.1, -0.05) is 13.8 Å². The molecular formula is C13H19N5. The highest BCUT2D eigenvalue weighted by molar-refractivity contribution is 5.34. The molecule has 0 aliphatic rings. The SMILES string of the molecule is CCNCc1cnc(C)nc1-n1ccnc1CC. The third kappa shape index (κ3) is 2.56. The first-order valence-corrected chi connectivity index (χ1v) is 6.32. The maximum Gasteiger partial charge on any atom is 0.146 e. The summed E-state index contributed by atoms with van der Waals surface area (Å²) in [4.78, 5) is 13.2. The van der Waals surface area contributed by atoms with Crippen molar-refractivity contribution in [3.05, 3.63) is 35.8 Å². The van der Waals surface area contributed by atoms with Gasteiger partial charge in [-0.3, -0.25) is 4.57 Å². The van der Waals surface area contributed by atoms with Crippen LogP contribution in [-0.4, -0.2) is 26.1 Å². The predicted molar refractivity (Wildman–Crippen MR) is 70.6 cm³/mol. The highest BCUT2D eigenvalue weighted by Crippen LogP contribution is 2.14. The molecular weight excluding hydrogens is 226 g/mol. The van der Waals surface area contributed by atoms with Crippen LogP contribution in [0.4, 0.5) is 0 Å². The number of aryl methyl sites for hydroxylation is 2. The number of hydrogen-bond acceptors (Lipinski definition) is 4. The van der Waals surface area contributed by atoms with Crippen molar-refractivity contribution < 1.29 is 0 Å². The van der Waals surface area contributed by atoms with E-state index in [0.29, 0.717) is 0 Å². The fourth-order valence-electron chi connectivity index (χ4n) is 1.86. The Morgan fingerprint density at radius 3 is 2.83 bits per heavy atom. The summed E-state index contributed by atoms with van der Waals surface area (Å²) in [5, 5.41) is 3.31. The van der Waals surface area contributed by atoms with Crippen molar-refractivity contribution in [2.24, 2.45) is 0 Å². The highest BCUT2D eigenvalue weighted by Gasteiger charge is 2.10. The third-order valence-electron chi connectivity index (χ3n) is 2.79. The van der Waals surface area contributed by atoms with Gasteiger partial charge in [-0.05, 0) is 13.5 Å². The maximum atomic E-state index is 4.55. The van der Waals surface area contributed by atoms with Crippen molar-refractivity contribution in [3.63, 3.8) is 0 Å². The molecule has 0 aliphatic carbocycles. The van der Waals surface area contributed by atoms with Crippen molar-refractivity contribution >= 4 is 0 Å². The molecule has 0 saturated heterocycles. The van der Waals surface area contributed by atoms with E-state index < -0.39 is 0 Å².